The summed E-state index contributed by atoms with van der Waals surface area (Å²) in [4.78, 5) is 12.4. The third-order valence-corrected chi connectivity index (χ3v) is 5.76. The number of ether oxygens (including phenoxy) is 3. The van der Waals surface area contributed by atoms with Crippen molar-refractivity contribution in [3.63, 3.8) is 0 Å². The highest BCUT2D eigenvalue weighted by atomic mass is 32.2. The molecule has 0 unspecified atom stereocenters. The predicted octanol–water partition coefficient (Wildman–Crippen LogP) is 3.41. The number of nitrogens with one attached hydrogen (secondary N) is 1. The summed E-state index contributed by atoms with van der Waals surface area (Å²) in [5.41, 5.74) is 3.24. The number of anilines is 1. The highest BCUT2D eigenvalue weighted by Gasteiger charge is 2.21. The number of benzene rings is 3. The van der Waals surface area contributed by atoms with Gasteiger partial charge in [0, 0.05) is 5.56 Å². The van der Waals surface area contributed by atoms with Crippen molar-refractivity contribution in [3.8, 4) is 23.0 Å². The molecule has 0 radical (unpaired) electrons. The molecule has 1 N–H and O–H groups in total. The first-order chi connectivity index (χ1) is 16.3. The second kappa shape index (κ2) is 11.2. The Morgan fingerprint density at radius 1 is 0.941 bits per heavy atom. The van der Waals surface area contributed by atoms with E-state index in [0.717, 1.165) is 10.6 Å². The summed E-state index contributed by atoms with van der Waals surface area (Å²) in [5.74, 6) is 1.70. The fraction of sp³-hybridized carbons (Fsp3) is 0.167. The monoisotopic (exact) mass is 483 g/mol. The van der Waals surface area contributed by atoms with Gasteiger partial charge >= 0.3 is 0 Å². The number of carbonyl (C=O) groups excluding carboxylic acids is 1. The van der Waals surface area contributed by atoms with Crippen LogP contribution in [0.25, 0.3) is 0 Å². The van der Waals surface area contributed by atoms with Crippen LogP contribution in [0.4, 0.5) is 5.69 Å². The van der Waals surface area contributed by atoms with Gasteiger partial charge in [0.1, 0.15) is 29.5 Å². The minimum absolute atomic E-state index is 0.316. The summed E-state index contributed by atoms with van der Waals surface area (Å²) in [7, 11) is -0.694. The number of sulfonamides is 1. The highest BCUT2D eigenvalue weighted by Crippen LogP contribution is 2.25. The van der Waals surface area contributed by atoms with E-state index in [1.165, 1.54) is 20.4 Å². The van der Waals surface area contributed by atoms with Gasteiger partial charge in [0.25, 0.3) is 5.91 Å². The summed E-state index contributed by atoms with van der Waals surface area (Å²) in [6, 6.07) is 20.7. The molecule has 0 aliphatic rings. The van der Waals surface area contributed by atoms with Crippen molar-refractivity contribution in [2.45, 2.75) is 0 Å². The molecule has 9 nitrogen and oxygen atoms in total. The smallest absolute Gasteiger partial charge is 0.260 e. The molecule has 0 spiro atoms. The van der Waals surface area contributed by atoms with Gasteiger partial charge in [0.2, 0.25) is 10.0 Å². The van der Waals surface area contributed by atoms with Crippen molar-refractivity contribution < 1.29 is 27.4 Å². The number of methoxy groups -OCH3 is 2. The third kappa shape index (κ3) is 6.72. The Labute approximate surface area is 198 Å². The second-order valence-corrected chi connectivity index (χ2v) is 8.99. The largest absolute Gasteiger partial charge is 0.497 e. The number of amides is 1. The lowest BCUT2D eigenvalue weighted by atomic mass is 10.2. The molecular weight excluding hydrogens is 458 g/mol. The van der Waals surface area contributed by atoms with E-state index in [-0.39, 0.29) is 0 Å². The first-order valence-electron chi connectivity index (χ1n) is 10.1. The van der Waals surface area contributed by atoms with E-state index >= 15 is 0 Å². The molecule has 34 heavy (non-hydrogen) atoms. The minimum Gasteiger partial charge on any atom is -0.497 e. The molecule has 3 aromatic carbocycles. The van der Waals surface area contributed by atoms with Crippen LogP contribution in [0.1, 0.15) is 5.56 Å². The van der Waals surface area contributed by atoms with Crippen LogP contribution in [0, 0.1) is 0 Å². The van der Waals surface area contributed by atoms with E-state index in [0.29, 0.717) is 34.2 Å². The normalized spacial score (nSPS) is 11.1. The van der Waals surface area contributed by atoms with Crippen LogP contribution >= 0.6 is 0 Å². The Morgan fingerprint density at radius 2 is 1.59 bits per heavy atom. The van der Waals surface area contributed by atoms with E-state index in [1.807, 2.05) is 30.3 Å². The Hall–Kier alpha value is -4.05. The van der Waals surface area contributed by atoms with Crippen LogP contribution in [-0.2, 0) is 14.8 Å². The fourth-order valence-corrected chi connectivity index (χ4v) is 3.84. The van der Waals surface area contributed by atoms with Gasteiger partial charge in [0.15, 0.2) is 0 Å². The Kier molecular flexibility index (Phi) is 8.10. The summed E-state index contributed by atoms with van der Waals surface area (Å²) < 4.78 is 41.8. The van der Waals surface area contributed by atoms with E-state index in [2.05, 4.69) is 10.5 Å². The third-order valence-electron chi connectivity index (χ3n) is 4.62. The summed E-state index contributed by atoms with van der Waals surface area (Å²) in [6.07, 6.45) is 2.42. The summed E-state index contributed by atoms with van der Waals surface area (Å²) >= 11 is 0. The zero-order valence-electron chi connectivity index (χ0n) is 19.0. The molecule has 0 fully saturated rings. The topological polar surface area (TPSA) is 107 Å². The van der Waals surface area contributed by atoms with Crippen LogP contribution in [0.3, 0.4) is 0 Å². The Morgan fingerprint density at radius 3 is 2.21 bits per heavy atom. The molecule has 1 amide bonds. The molecule has 178 valence electrons. The summed E-state index contributed by atoms with van der Waals surface area (Å²) in [6.45, 7) is -0.454. The van der Waals surface area contributed by atoms with Gasteiger partial charge in [0.05, 0.1) is 32.4 Å². The molecule has 0 saturated carbocycles. The number of para-hydroxylation sites is 1. The molecule has 3 rings (SSSR count). The number of nitrogens with zero attached hydrogens (tertiary/aromatic N) is 2. The first-order valence-corrected chi connectivity index (χ1v) is 12.0. The van der Waals surface area contributed by atoms with Gasteiger partial charge in [-0.25, -0.2) is 13.8 Å². The van der Waals surface area contributed by atoms with Crippen molar-refractivity contribution in [2.24, 2.45) is 5.10 Å². The number of hydrogen-bond donors (Lipinski definition) is 1. The minimum atomic E-state index is -3.74. The van der Waals surface area contributed by atoms with Gasteiger partial charge in [-0.05, 0) is 54.6 Å². The molecular formula is C24H25N3O6S. The van der Waals surface area contributed by atoms with Gasteiger partial charge in [-0.3, -0.25) is 9.10 Å². The van der Waals surface area contributed by atoms with Crippen LogP contribution in [-0.4, -0.2) is 47.6 Å². The number of hydrazone groups is 1. The number of hydrogen-bond acceptors (Lipinski definition) is 7. The maximum atomic E-state index is 12.4. The zero-order chi connectivity index (χ0) is 24.6. The molecule has 0 aliphatic carbocycles. The molecule has 0 aliphatic heterocycles. The summed E-state index contributed by atoms with van der Waals surface area (Å²) in [5, 5.41) is 3.91. The SMILES string of the molecule is COc1ccc(OC)c(/C=N\NC(=O)CN(c2ccc(Oc3ccccc3)cc2)S(C)(=O)=O)c1. The van der Waals surface area contributed by atoms with Crippen molar-refractivity contribution in [3.05, 3.63) is 78.4 Å². The molecule has 0 bridgehead atoms. The van der Waals surface area contributed by atoms with Crippen molar-refractivity contribution in [1.29, 1.82) is 0 Å². The number of rotatable bonds is 10. The van der Waals surface area contributed by atoms with Crippen LogP contribution in [0.2, 0.25) is 0 Å². The Balaban J connectivity index is 1.68. The van der Waals surface area contributed by atoms with Gasteiger partial charge in [-0.15, -0.1) is 0 Å². The molecule has 0 atom stereocenters. The predicted molar refractivity (Wildman–Crippen MR) is 130 cm³/mol. The van der Waals surface area contributed by atoms with E-state index in [1.54, 1.807) is 42.5 Å². The lowest BCUT2D eigenvalue weighted by Gasteiger charge is -2.21. The van der Waals surface area contributed by atoms with E-state index < -0.39 is 22.5 Å². The van der Waals surface area contributed by atoms with Crippen LogP contribution in [0.15, 0.2) is 77.9 Å². The quantitative estimate of drug-likeness (QED) is 0.350. The average Bonchev–Trinajstić information content (AvgIpc) is 2.83. The first kappa shape index (κ1) is 24.6. The Bertz CT molecular complexity index is 1250. The average molecular weight is 484 g/mol. The van der Waals surface area contributed by atoms with Crippen LogP contribution in [0.5, 0.6) is 23.0 Å². The van der Waals surface area contributed by atoms with Gasteiger partial charge < -0.3 is 14.2 Å². The zero-order valence-corrected chi connectivity index (χ0v) is 19.8. The molecule has 3 aromatic rings. The van der Waals surface area contributed by atoms with Crippen molar-refractivity contribution in [2.75, 3.05) is 31.3 Å². The fourth-order valence-electron chi connectivity index (χ4n) is 2.98. The van der Waals surface area contributed by atoms with Gasteiger partial charge in [-0.2, -0.15) is 5.10 Å². The standard InChI is InChI=1S/C24H25N3O6S/c1-31-22-13-14-23(32-2)18(15-22)16-25-26-24(28)17-27(34(3,29)30)19-9-11-21(12-10-19)33-20-7-5-4-6-8-20/h4-16H,17H2,1-3H3,(H,26,28)/b25-16-. The number of carbonyl (C=O) groups is 1. The lowest BCUT2D eigenvalue weighted by Crippen LogP contribution is -2.39. The molecule has 0 heterocycles. The maximum Gasteiger partial charge on any atom is 0.260 e. The van der Waals surface area contributed by atoms with E-state index in [9.17, 15) is 13.2 Å². The second-order valence-electron chi connectivity index (χ2n) is 7.08. The molecule has 10 heteroatoms. The molecule has 0 saturated heterocycles. The lowest BCUT2D eigenvalue weighted by molar-refractivity contribution is -0.119. The molecule has 0 aromatic heterocycles. The van der Waals surface area contributed by atoms with Crippen molar-refractivity contribution in [1.82, 2.24) is 5.43 Å². The highest BCUT2D eigenvalue weighted by molar-refractivity contribution is 7.92. The maximum absolute atomic E-state index is 12.4. The van der Waals surface area contributed by atoms with Crippen LogP contribution < -0.4 is 23.9 Å². The van der Waals surface area contributed by atoms with E-state index in [4.69, 9.17) is 14.2 Å². The van der Waals surface area contributed by atoms with Gasteiger partial charge in [-0.1, -0.05) is 18.2 Å². The van der Waals surface area contributed by atoms with Crippen molar-refractivity contribution >= 4 is 27.8 Å².